The normalized spacial score (nSPS) is 11.4. The first kappa shape index (κ1) is 46.7. The summed E-state index contributed by atoms with van der Waals surface area (Å²) in [6, 6.07) is 86.4. The Kier molecular flexibility index (Phi) is 13.0. The molecule has 0 aliphatic rings. The van der Waals surface area contributed by atoms with Crippen LogP contribution in [0.25, 0.3) is 22.3 Å². The second-order valence-corrected chi connectivity index (χ2v) is 23.4. The van der Waals surface area contributed by atoms with Gasteiger partial charge in [0.05, 0.1) is 0 Å². The topological polar surface area (TPSA) is 6.48 Å². The van der Waals surface area contributed by atoms with Gasteiger partial charge in [-0.2, -0.15) is 0 Å². The lowest BCUT2D eigenvalue weighted by Gasteiger charge is -2.36. The molecule has 0 saturated heterocycles. The zero-order chi connectivity index (χ0) is 49.2. The third-order valence-corrected chi connectivity index (χ3v) is 19.0. The zero-order valence-electron chi connectivity index (χ0n) is 42.3. The summed E-state index contributed by atoms with van der Waals surface area (Å²) in [5.74, 6) is 0. The van der Waals surface area contributed by atoms with E-state index in [4.69, 9.17) is 0 Å². The fourth-order valence-corrected chi connectivity index (χ4v) is 16.0. The lowest BCUT2D eigenvalue weighted by molar-refractivity contribution is 1.27. The van der Waals surface area contributed by atoms with Crippen LogP contribution in [-0.4, -0.2) is 8.07 Å². The van der Waals surface area contributed by atoms with Gasteiger partial charge in [0.1, 0.15) is 0 Å². The van der Waals surface area contributed by atoms with Crippen molar-refractivity contribution in [3.63, 3.8) is 0 Å². The summed E-state index contributed by atoms with van der Waals surface area (Å²) in [5, 5.41) is 5.50. The molecule has 0 heterocycles. The van der Waals surface area contributed by atoms with Gasteiger partial charge < -0.3 is 9.80 Å². The molecule has 0 fully saturated rings. The summed E-state index contributed by atoms with van der Waals surface area (Å²) < 4.78 is 0. The summed E-state index contributed by atoms with van der Waals surface area (Å²) in [6.07, 6.45) is 0. The van der Waals surface area contributed by atoms with E-state index in [0.717, 1.165) is 34.1 Å². The first-order valence-corrected chi connectivity index (χ1v) is 26.9. The molecule has 10 aromatic carbocycles. The van der Waals surface area contributed by atoms with Crippen molar-refractivity contribution < 1.29 is 0 Å². The molecule has 10 aromatic rings. The average molecular weight is 935 g/mol. The molecule has 348 valence electrons. The van der Waals surface area contributed by atoms with Crippen molar-refractivity contribution >= 4 is 62.9 Å². The zero-order valence-corrected chi connectivity index (χ0v) is 43.3. The van der Waals surface area contributed by atoms with Crippen LogP contribution in [0.2, 0.25) is 0 Å². The molecule has 0 aromatic heterocycles. The Morgan fingerprint density at radius 3 is 0.803 bits per heavy atom. The van der Waals surface area contributed by atoms with E-state index in [-0.39, 0.29) is 0 Å². The third-order valence-electron chi connectivity index (χ3n) is 14.3. The fraction of sp³-hybridized carbons (Fsp3) is 0.118. The van der Waals surface area contributed by atoms with Crippen molar-refractivity contribution in [1.29, 1.82) is 0 Å². The van der Waals surface area contributed by atoms with Crippen molar-refractivity contribution in [1.82, 2.24) is 0 Å². The highest BCUT2D eigenvalue weighted by Crippen LogP contribution is 2.40. The van der Waals surface area contributed by atoms with Gasteiger partial charge in [0, 0.05) is 34.1 Å². The Labute approximate surface area is 423 Å². The van der Waals surface area contributed by atoms with Crippen molar-refractivity contribution in [2.45, 2.75) is 55.4 Å². The van der Waals surface area contributed by atoms with E-state index in [1.54, 1.807) is 0 Å². The van der Waals surface area contributed by atoms with Gasteiger partial charge in [-0.1, -0.05) is 180 Å². The van der Waals surface area contributed by atoms with Gasteiger partial charge in [0.15, 0.2) is 8.07 Å². The monoisotopic (exact) mass is 934 g/mol. The van der Waals surface area contributed by atoms with Crippen LogP contribution in [0.15, 0.2) is 231 Å². The maximum atomic E-state index is 2.52. The molecule has 10 rings (SSSR count). The molecule has 0 atom stereocenters. The highest BCUT2D eigenvalue weighted by Gasteiger charge is 2.42. The third kappa shape index (κ3) is 9.18. The van der Waals surface area contributed by atoms with E-state index in [9.17, 15) is 0 Å². The van der Waals surface area contributed by atoms with E-state index in [2.05, 4.69) is 296 Å². The minimum Gasteiger partial charge on any atom is -0.310 e. The molecule has 0 N–H and O–H groups in total. The minimum absolute atomic E-state index is 1.13. The quantitative estimate of drug-likeness (QED) is 0.0890. The maximum Gasteiger partial charge on any atom is 0.179 e. The molecule has 0 aliphatic heterocycles. The van der Waals surface area contributed by atoms with Crippen LogP contribution in [0.5, 0.6) is 0 Å². The smallest absolute Gasteiger partial charge is 0.179 e. The molecule has 3 heteroatoms. The molecule has 71 heavy (non-hydrogen) atoms. The Balaban J connectivity index is 1.12. The summed E-state index contributed by atoms with van der Waals surface area (Å²) in [4.78, 5) is 4.75. The summed E-state index contributed by atoms with van der Waals surface area (Å²) >= 11 is 0. The van der Waals surface area contributed by atoms with Crippen LogP contribution in [0.4, 0.5) is 34.1 Å². The van der Waals surface area contributed by atoms with Crippen molar-refractivity contribution in [3.05, 3.63) is 275 Å². The second kappa shape index (κ2) is 19.8. The molecule has 0 amide bonds. The average Bonchev–Trinajstić information content (AvgIpc) is 3.37. The number of anilines is 6. The Bertz CT molecular complexity index is 3090. The van der Waals surface area contributed by atoms with Gasteiger partial charge in [-0.15, -0.1) is 0 Å². The molecule has 0 bridgehead atoms. The van der Waals surface area contributed by atoms with Crippen LogP contribution in [0.3, 0.4) is 0 Å². The number of nitrogens with zero attached hydrogens (tertiary/aromatic N) is 2. The molecule has 0 radical (unpaired) electrons. The highest BCUT2D eigenvalue weighted by molar-refractivity contribution is 7.20. The van der Waals surface area contributed by atoms with E-state index >= 15 is 0 Å². The summed E-state index contributed by atoms with van der Waals surface area (Å²) in [6.45, 7) is 17.8. The number of rotatable bonds is 12. The Hall–Kier alpha value is -7.98. The van der Waals surface area contributed by atoms with Crippen LogP contribution in [0, 0.1) is 55.4 Å². The number of aryl methyl sites for hydroxylation is 8. The fourth-order valence-electron chi connectivity index (χ4n) is 10.9. The number of hydrogen-bond donors (Lipinski definition) is 0. The lowest BCUT2D eigenvalue weighted by atomic mass is 9.95. The first-order valence-electron chi connectivity index (χ1n) is 24.9. The maximum absolute atomic E-state index is 2.94. The molecule has 0 aliphatic carbocycles. The molecule has 0 unspecified atom stereocenters. The van der Waals surface area contributed by atoms with Gasteiger partial charge in [-0.05, 0) is 193 Å². The van der Waals surface area contributed by atoms with Crippen molar-refractivity contribution in [2.75, 3.05) is 9.80 Å². The number of hydrogen-bond acceptors (Lipinski definition) is 2. The van der Waals surface area contributed by atoms with Gasteiger partial charge in [-0.25, -0.2) is 0 Å². The second-order valence-electron chi connectivity index (χ2n) is 19.6. The molecular weight excluding hydrogens is 873 g/mol. The predicted octanol–water partition coefficient (Wildman–Crippen LogP) is 15.8. The minimum atomic E-state index is -2.94. The standard InChI is InChI=1S/C68H62N2Si/c1-47-25-33-57(34-26-47)69(58-35-27-48(2)28-36-58)61-19-15-17-55(45-61)67-51(5)41-65(42-52(67)6)71(63-21-11-9-12-22-63,64-23-13-10-14-24-64)66-43-53(7)68(54(8)44-66)56-18-16-20-62(46-56)70(59-37-29-49(3)30-38-59)60-39-31-50(4)32-40-60/h9-46H,1-8H3. The van der Waals surface area contributed by atoms with Gasteiger partial charge in [0.25, 0.3) is 0 Å². The van der Waals surface area contributed by atoms with E-state index in [1.807, 2.05) is 0 Å². The molecule has 2 nitrogen and oxygen atoms in total. The first-order chi connectivity index (χ1) is 34.5. The Morgan fingerprint density at radius 2 is 0.521 bits per heavy atom. The van der Waals surface area contributed by atoms with E-state index < -0.39 is 8.07 Å². The lowest BCUT2D eigenvalue weighted by Crippen LogP contribution is -2.75. The van der Waals surface area contributed by atoms with Gasteiger partial charge >= 0.3 is 0 Å². The highest BCUT2D eigenvalue weighted by atomic mass is 28.3. The Morgan fingerprint density at radius 1 is 0.239 bits per heavy atom. The predicted molar refractivity (Wildman–Crippen MR) is 308 cm³/mol. The van der Waals surface area contributed by atoms with E-state index in [0.29, 0.717) is 0 Å². The summed E-state index contributed by atoms with van der Waals surface area (Å²) in [7, 11) is -2.94. The van der Waals surface area contributed by atoms with Crippen molar-refractivity contribution in [3.8, 4) is 22.3 Å². The van der Waals surface area contributed by atoms with Crippen molar-refractivity contribution in [2.24, 2.45) is 0 Å². The molecular formula is C68H62N2Si. The molecule has 0 saturated carbocycles. The van der Waals surface area contributed by atoms with E-state index in [1.165, 1.54) is 87.5 Å². The van der Waals surface area contributed by atoms with Crippen LogP contribution >= 0.6 is 0 Å². The van der Waals surface area contributed by atoms with Crippen LogP contribution in [-0.2, 0) is 0 Å². The van der Waals surface area contributed by atoms with Gasteiger partial charge in [-0.3, -0.25) is 0 Å². The molecule has 0 spiro atoms. The summed E-state index contributed by atoms with van der Waals surface area (Å²) in [5.41, 5.74) is 21.8. The van der Waals surface area contributed by atoms with Crippen LogP contribution < -0.4 is 30.5 Å². The van der Waals surface area contributed by atoms with Crippen LogP contribution in [0.1, 0.15) is 44.5 Å². The van der Waals surface area contributed by atoms with Gasteiger partial charge in [0.2, 0.25) is 0 Å². The SMILES string of the molecule is Cc1ccc(N(c2ccc(C)cc2)c2cccc(-c3c(C)cc([Si](c4ccccc4)(c4ccccc4)c4cc(C)c(-c5cccc(N(c6ccc(C)cc6)c6ccc(C)cc6)c5)c(C)c4)cc3C)c2)cc1. The number of benzene rings is 10. The largest absolute Gasteiger partial charge is 0.310 e.